The molecule has 0 aromatic heterocycles. The van der Waals surface area contributed by atoms with Crippen molar-refractivity contribution in [1.29, 1.82) is 10.5 Å². The highest BCUT2D eigenvalue weighted by Crippen LogP contribution is 2.50. The number of nitriles is 2. The molecule has 6 nitrogen and oxygen atoms in total. The molecular weight excluding hydrogens is 347 g/mol. The first-order valence-electron chi connectivity index (χ1n) is 7.90. The fraction of sp³-hybridized carbons (Fsp3) is 0. The zero-order chi connectivity index (χ0) is 19.0. The van der Waals surface area contributed by atoms with Crippen LogP contribution < -0.4 is 20.5 Å². The lowest BCUT2D eigenvalue weighted by molar-refractivity contribution is 0.430. The lowest BCUT2D eigenvalue weighted by Crippen LogP contribution is -2.09. The molecule has 0 aliphatic carbocycles. The van der Waals surface area contributed by atoms with Gasteiger partial charge in [-0.2, -0.15) is 10.5 Å². The maximum atomic E-state index is 15.1. The number of anilines is 3. The molecule has 0 saturated heterocycles. The summed E-state index contributed by atoms with van der Waals surface area (Å²) in [6.07, 6.45) is 0. The van der Waals surface area contributed by atoms with E-state index < -0.39 is 5.82 Å². The highest BCUT2D eigenvalue weighted by Gasteiger charge is 2.31. The maximum Gasteiger partial charge on any atom is 0.188 e. The van der Waals surface area contributed by atoms with Gasteiger partial charge in [0.05, 0.1) is 11.4 Å². The maximum absolute atomic E-state index is 15.1. The van der Waals surface area contributed by atoms with Crippen molar-refractivity contribution in [2.75, 3.05) is 11.1 Å². The molecule has 0 saturated carbocycles. The summed E-state index contributed by atoms with van der Waals surface area (Å²) in [4.78, 5) is 0. The highest BCUT2D eigenvalue weighted by molar-refractivity contribution is 5.85. The smallest absolute Gasteiger partial charge is 0.188 e. The van der Waals surface area contributed by atoms with Crippen molar-refractivity contribution in [2.24, 2.45) is 0 Å². The number of nitrogens with one attached hydrogen (secondary N) is 1. The molecule has 130 valence electrons. The van der Waals surface area contributed by atoms with Gasteiger partial charge in [0.15, 0.2) is 28.8 Å². The zero-order valence-corrected chi connectivity index (χ0v) is 13.8. The number of benzene rings is 3. The van der Waals surface area contributed by atoms with Crippen molar-refractivity contribution in [3.8, 4) is 35.1 Å². The second-order valence-electron chi connectivity index (χ2n) is 5.68. The van der Waals surface area contributed by atoms with E-state index in [2.05, 4.69) is 5.32 Å². The lowest BCUT2D eigenvalue weighted by Gasteiger charge is -2.25. The first-order valence-corrected chi connectivity index (χ1v) is 7.90. The molecular formula is C20H11FN4O2. The van der Waals surface area contributed by atoms with Gasteiger partial charge in [-0.1, -0.05) is 24.3 Å². The summed E-state index contributed by atoms with van der Waals surface area (Å²) >= 11 is 0. The Hall–Kier alpha value is -4.23. The fourth-order valence-electron chi connectivity index (χ4n) is 2.79. The van der Waals surface area contributed by atoms with E-state index in [0.717, 1.165) is 0 Å². The molecule has 0 spiro atoms. The van der Waals surface area contributed by atoms with Gasteiger partial charge < -0.3 is 20.5 Å². The van der Waals surface area contributed by atoms with Gasteiger partial charge in [-0.15, -0.1) is 0 Å². The number of hydrogen-bond donors (Lipinski definition) is 2. The van der Waals surface area contributed by atoms with Crippen molar-refractivity contribution < 1.29 is 13.9 Å². The molecule has 3 N–H and O–H groups in total. The fourth-order valence-corrected chi connectivity index (χ4v) is 2.79. The monoisotopic (exact) mass is 358 g/mol. The van der Waals surface area contributed by atoms with Crippen molar-refractivity contribution in [3.05, 3.63) is 65.5 Å². The average molecular weight is 358 g/mol. The Kier molecular flexibility index (Phi) is 3.76. The van der Waals surface area contributed by atoms with Crippen LogP contribution in [-0.4, -0.2) is 0 Å². The van der Waals surface area contributed by atoms with Crippen LogP contribution in [0.3, 0.4) is 0 Å². The number of ether oxygens (including phenoxy) is 2. The quantitative estimate of drug-likeness (QED) is 0.499. The normalized spacial score (nSPS) is 11.1. The van der Waals surface area contributed by atoms with E-state index >= 15 is 4.39 Å². The van der Waals surface area contributed by atoms with Crippen molar-refractivity contribution >= 4 is 17.1 Å². The number of nitrogens with zero attached hydrogens (tertiary/aromatic N) is 2. The van der Waals surface area contributed by atoms with Crippen molar-refractivity contribution in [3.63, 3.8) is 0 Å². The summed E-state index contributed by atoms with van der Waals surface area (Å²) in [5.41, 5.74) is 6.38. The summed E-state index contributed by atoms with van der Waals surface area (Å²) in [5, 5.41) is 22.1. The Morgan fingerprint density at radius 3 is 2.44 bits per heavy atom. The second kappa shape index (κ2) is 6.25. The number of halogens is 1. The number of fused-ring (bicyclic) bond motifs is 2. The second-order valence-corrected chi connectivity index (χ2v) is 5.68. The van der Waals surface area contributed by atoms with Crippen LogP contribution >= 0.6 is 0 Å². The SMILES string of the molecule is N#Cc1c2c(c(C#N)c(F)c1Oc1ccccc1N)Oc1ccccc1N2. The molecule has 0 amide bonds. The molecule has 0 fully saturated rings. The van der Waals surface area contributed by atoms with E-state index in [1.54, 1.807) is 54.6 Å². The van der Waals surface area contributed by atoms with Crippen LogP contribution in [0.15, 0.2) is 48.5 Å². The number of nitrogen functional groups attached to an aromatic ring is 1. The van der Waals surface area contributed by atoms with E-state index in [-0.39, 0.29) is 39.8 Å². The number of nitrogens with two attached hydrogens (primary N) is 1. The van der Waals surface area contributed by atoms with Gasteiger partial charge in [-0.05, 0) is 24.3 Å². The third kappa shape index (κ3) is 2.55. The molecule has 1 heterocycles. The predicted octanol–water partition coefficient (Wildman–Crippen LogP) is 4.79. The van der Waals surface area contributed by atoms with Crippen molar-refractivity contribution in [1.82, 2.24) is 0 Å². The minimum atomic E-state index is -0.989. The van der Waals surface area contributed by atoms with E-state index in [1.807, 2.05) is 6.07 Å². The summed E-state index contributed by atoms with van der Waals surface area (Å²) in [6.45, 7) is 0. The molecule has 1 aliphatic rings. The van der Waals surface area contributed by atoms with Gasteiger partial charge in [0.1, 0.15) is 29.0 Å². The van der Waals surface area contributed by atoms with Crippen LogP contribution in [0, 0.1) is 28.5 Å². The van der Waals surface area contributed by atoms with Gasteiger partial charge in [-0.3, -0.25) is 0 Å². The Morgan fingerprint density at radius 1 is 1.00 bits per heavy atom. The molecule has 3 aromatic rings. The summed E-state index contributed by atoms with van der Waals surface area (Å²) < 4.78 is 26.3. The zero-order valence-electron chi connectivity index (χ0n) is 13.8. The Bertz CT molecular complexity index is 1160. The minimum absolute atomic E-state index is 0.0568. The lowest BCUT2D eigenvalue weighted by atomic mass is 10.0. The number of hydrogen-bond acceptors (Lipinski definition) is 6. The predicted molar refractivity (Wildman–Crippen MR) is 96.6 cm³/mol. The number of para-hydroxylation sites is 4. The summed E-state index contributed by atoms with van der Waals surface area (Å²) in [5.74, 6) is -0.836. The largest absolute Gasteiger partial charge is 0.451 e. The standard InChI is InChI=1S/C20H11FN4O2/c21-17-11(9-22)20-18(25-14-6-2-4-8-16(14)27-20)12(10-23)19(17)26-15-7-3-1-5-13(15)24/h1-8,25H,24H2. The van der Waals surface area contributed by atoms with Crippen LogP contribution in [0.5, 0.6) is 23.0 Å². The first-order chi connectivity index (χ1) is 13.1. The molecule has 7 heteroatoms. The summed E-state index contributed by atoms with van der Waals surface area (Å²) in [6, 6.07) is 17.1. The van der Waals surface area contributed by atoms with E-state index in [4.69, 9.17) is 15.2 Å². The third-order valence-corrected chi connectivity index (χ3v) is 4.06. The molecule has 27 heavy (non-hydrogen) atoms. The van der Waals surface area contributed by atoms with Gasteiger partial charge in [0.25, 0.3) is 0 Å². The number of rotatable bonds is 2. The Labute approximate surface area is 153 Å². The molecule has 0 bridgehead atoms. The summed E-state index contributed by atoms with van der Waals surface area (Å²) in [7, 11) is 0. The minimum Gasteiger partial charge on any atom is -0.451 e. The molecule has 3 aromatic carbocycles. The Morgan fingerprint density at radius 2 is 1.70 bits per heavy atom. The topological polar surface area (TPSA) is 104 Å². The molecule has 0 unspecified atom stereocenters. The van der Waals surface area contributed by atoms with Crippen LogP contribution in [-0.2, 0) is 0 Å². The first kappa shape index (κ1) is 16.2. The molecule has 4 rings (SSSR count). The van der Waals surface area contributed by atoms with Crippen LogP contribution in [0.4, 0.5) is 21.5 Å². The van der Waals surface area contributed by atoms with Crippen LogP contribution in [0.1, 0.15) is 11.1 Å². The van der Waals surface area contributed by atoms with Gasteiger partial charge in [0, 0.05) is 0 Å². The Balaban J connectivity index is 1.94. The third-order valence-electron chi connectivity index (χ3n) is 4.06. The van der Waals surface area contributed by atoms with E-state index in [0.29, 0.717) is 11.4 Å². The van der Waals surface area contributed by atoms with E-state index in [9.17, 15) is 10.5 Å². The molecule has 1 aliphatic heterocycles. The molecule has 0 radical (unpaired) electrons. The van der Waals surface area contributed by atoms with Gasteiger partial charge >= 0.3 is 0 Å². The van der Waals surface area contributed by atoms with Crippen molar-refractivity contribution in [2.45, 2.75) is 0 Å². The van der Waals surface area contributed by atoms with E-state index in [1.165, 1.54) is 0 Å². The average Bonchev–Trinajstić information content (AvgIpc) is 2.69. The van der Waals surface area contributed by atoms with Crippen LogP contribution in [0.2, 0.25) is 0 Å². The highest BCUT2D eigenvalue weighted by atomic mass is 19.1. The van der Waals surface area contributed by atoms with Gasteiger partial charge in [0.2, 0.25) is 0 Å². The van der Waals surface area contributed by atoms with Crippen LogP contribution in [0.25, 0.3) is 0 Å². The van der Waals surface area contributed by atoms with Gasteiger partial charge in [-0.25, -0.2) is 4.39 Å². The molecule has 0 atom stereocenters.